The Morgan fingerprint density at radius 2 is 2.07 bits per heavy atom. The van der Waals surface area contributed by atoms with E-state index in [-0.39, 0.29) is 0 Å². The third-order valence-corrected chi connectivity index (χ3v) is 3.27. The van der Waals surface area contributed by atoms with Crippen LogP contribution in [0.4, 0.5) is 11.4 Å². The van der Waals surface area contributed by atoms with E-state index in [1.165, 1.54) is 5.56 Å². The van der Waals surface area contributed by atoms with Gasteiger partial charge in [-0.25, -0.2) is 0 Å². The van der Waals surface area contributed by atoms with Gasteiger partial charge in [0.15, 0.2) is 0 Å². The van der Waals surface area contributed by atoms with Crippen LogP contribution in [0.15, 0.2) is 12.1 Å². The lowest BCUT2D eigenvalue weighted by Gasteiger charge is -2.28. The van der Waals surface area contributed by atoms with Gasteiger partial charge in [0.25, 0.3) is 0 Å². The molecule has 2 N–H and O–H groups in total. The van der Waals surface area contributed by atoms with E-state index in [0.29, 0.717) is 16.8 Å². The predicted molar refractivity (Wildman–Crippen MR) is 68.8 cm³/mol. The molecule has 0 bridgehead atoms. The monoisotopic (exact) mass is 226 g/mol. The van der Waals surface area contributed by atoms with Crippen molar-refractivity contribution in [3.8, 4) is 0 Å². The van der Waals surface area contributed by atoms with Crippen LogP contribution in [-0.2, 0) is 0 Å². The molecule has 1 unspecified atom stereocenters. The van der Waals surface area contributed by atoms with Gasteiger partial charge in [-0.2, -0.15) is 0 Å². The maximum Gasteiger partial charge on any atom is 0.0656 e. The molecule has 1 rings (SSSR count). The highest BCUT2D eigenvalue weighted by Crippen LogP contribution is 2.29. The van der Waals surface area contributed by atoms with Crippen LogP contribution >= 0.6 is 11.6 Å². The highest BCUT2D eigenvalue weighted by atomic mass is 35.5. The van der Waals surface area contributed by atoms with Gasteiger partial charge in [-0.1, -0.05) is 18.5 Å². The maximum absolute atomic E-state index is 6.03. The Balaban J connectivity index is 3.09. The molecule has 0 amide bonds. The van der Waals surface area contributed by atoms with Gasteiger partial charge < -0.3 is 10.6 Å². The summed E-state index contributed by atoms with van der Waals surface area (Å²) in [6, 6.07) is 4.37. The Bertz CT molecular complexity index is 350. The maximum atomic E-state index is 6.03. The molecule has 0 aromatic heterocycles. The zero-order valence-electron chi connectivity index (χ0n) is 9.84. The van der Waals surface area contributed by atoms with Crippen molar-refractivity contribution in [3.63, 3.8) is 0 Å². The third kappa shape index (κ3) is 2.57. The summed E-state index contributed by atoms with van der Waals surface area (Å²) in [6.45, 7) is 6.43. The Morgan fingerprint density at radius 3 is 2.60 bits per heavy atom. The number of hydrogen-bond donors (Lipinski definition) is 1. The quantitative estimate of drug-likeness (QED) is 0.800. The van der Waals surface area contributed by atoms with Crippen LogP contribution in [0.5, 0.6) is 0 Å². The fourth-order valence-electron chi connectivity index (χ4n) is 1.58. The van der Waals surface area contributed by atoms with Gasteiger partial charge in [-0.3, -0.25) is 0 Å². The SMILES string of the molecule is CCC(C)N(C)c1cc(Cl)c(N)cc1C. The molecule has 0 saturated heterocycles. The van der Waals surface area contributed by atoms with Gasteiger partial charge in [0.1, 0.15) is 0 Å². The first kappa shape index (κ1) is 12.2. The molecule has 0 aliphatic heterocycles. The number of rotatable bonds is 3. The molecule has 1 aromatic rings. The normalized spacial score (nSPS) is 12.6. The molecule has 0 aliphatic rings. The number of hydrogen-bond acceptors (Lipinski definition) is 2. The Kier molecular flexibility index (Phi) is 3.86. The van der Waals surface area contributed by atoms with Crippen LogP contribution in [0.1, 0.15) is 25.8 Å². The average Bonchev–Trinajstić information content (AvgIpc) is 2.21. The molecule has 0 saturated carbocycles. The number of anilines is 2. The second-order valence-electron chi connectivity index (χ2n) is 4.03. The number of benzene rings is 1. The highest BCUT2D eigenvalue weighted by molar-refractivity contribution is 6.33. The van der Waals surface area contributed by atoms with E-state index in [4.69, 9.17) is 17.3 Å². The van der Waals surface area contributed by atoms with E-state index in [2.05, 4.69) is 32.7 Å². The van der Waals surface area contributed by atoms with E-state index >= 15 is 0 Å². The fourth-order valence-corrected chi connectivity index (χ4v) is 1.74. The van der Waals surface area contributed by atoms with Gasteiger partial charge in [0.05, 0.1) is 10.7 Å². The van der Waals surface area contributed by atoms with Gasteiger partial charge in [0, 0.05) is 18.8 Å². The number of halogens is 1. The van der Waals surface area contributed by atoms with E-state index in [1.807, 2.05) is 12.1 Å². The van der Waals surface area contributed by atoms with Crippen molar-refractivity contribution in [2.24, 2.45) is 0 Å². The summed E-state index contributed by atoms with van der Waals surface area (Å²) in [5.74, 6) is 0. The highest BCUT2D eigenvalue weighted by Gasteiger charge is 2.12. The lowest BCUT2D eigenvalue weighted by molar-refractivity contribution is 0.662. The molecule has 84 valence electrons. The first-order valence-corrected chi connectivity index (χ1v) is 5.63. The van der Waals surface area contributed by atoms with Crippen LogP contribution in [0.25, 0.3) is 0 Å². The summed E-state index contributed by atoms with van der Waals surface area (Å²) < 4.78 is 0. The van der Waals surface area contributed by atoms with Crippen LogP contribution in [0, 0.1) is 6.92 Å². The number of nitrogens with two attached hydrogens (primary N) is 1. The molecule has 0 radical (unpaired) electrons. The summed E-state index contributed by atoms with van der Waals surface area (Å²) in [6.07, 6.45) is 1.11. The van der Waals surface area contributed by atoms with Gasteiger partial charge in [-0.05, 0) is 38.0 Å². The Hall–Kier alpha value is -0.890. The molecular weight excluding hydrogens is 208 g/mol. The largest absolute Gasteiger partial charge is 0.398 e. The minimum absolute atomic E-state index is 0.503. The van der Waals surface area contributed by atoms with Crippen LogP contribution < -0.4 is 10.6 Å². The van der Waals surface area contributed by atoms with Gasteiger partial charge in [-0.15, -0.1) is 0 Å². The predicted octanol–water partition coefficient (Wildman–Crippen LogP) is 3.47. The van der Waals surface area contributed by atoms with Crippen molar-refractivity contribution in [2.75, 3.05) is 17.7 Å². The van der Waals surface area contributed by atoms with Crippen LogP contribution in [0.3, 0.4) is 0 Å². The smallest absolute Gasteiger partial charge is 0.0656 e. The van der Waals surface area contributed by atoms with Crippen molar-refractivity contribution in [2.45, 2.75) is 33.2 Å². The van der Waals surface area contributed by atoms with E-state index in [1.54, 1.807) is 0 Å². The summed E-state index contributed by atoms with van der Waals surface area (Å²) in [5, 5.41) is 0.630. The Labute approximate surface area is 97.0 Å². The first-order chi connectivity index (χ1) is 6.97. The molecule has 0 fully saturated rings. The fraction of sp³-hybridized carbons (Fsp3) is 0.500. The second kappa shape index (κ2) is 4.75. The molecule has 15 heavy (non-hydrogen) atoms. The lowest BCUT2D eigenvalue weighted by Crippen LogP contribution is -2.28. The van der Waals surface area contributed by atoms with Crippen LogP contribution in [-0.4, -0.2) is 13.1 Å². The number of nitrogen functional groups attached to an aromatic ring is 1. The van der Waals surface area contributed by atoms with Crippen molar-refractivity contribution in [1.29, 1.82) is 0 Å². The van der Waals surface area contributed by atoms with Gasteiger partial charge in [0.2, 0.25) is 0 Å². The minimum Gasteiger partial charge on any atom is -0.398 e. The minimum atomic E-state index is 0.503. The molecule has 1 atom stereocenters. The summed E-state index contributed by atoms with van der Waals surface area (Å²) in [7, 11) is 2.09. The molecule has 3 heteroatoms. The average molecular weight is 227 g/mol. The molecule has 0 aliphatic carbocycles. The van der Waals surface area contributed by atoms with Crippen molar-refractivity contribution in [3.05, 3.63) is 22.7 Å². The van der Waals surface area contributed by atoms with Crippen molar-refractivity contribution < 1.29 is 0 Å². The van der Waals surface area contributed by atoms with Crippen LogP contribution in [0.2, 0.25) is 5.02 Å². The summed E-state index contributed by atoms with van der Waals surface area (Å²) in [5.41, 5.74) is 8.72. The zero-order chi connectivity index (χ0) is 11.6. The van der Waals surface area contributed by atoms with Crippen molar-refractivity contribution in [1.82, 2.24) is 0 Å². The van der Waals surface area contributed by atoms with Crippen molar-refractivity contribution >= 4 is 23.0 Å². The third-order valence-electron chi connectivity index (χ3n) is 2.95. The molecule has 1 aromatic carbocycles. The molecule has 2 nitrogen and oxygen atoms in total. The van der Waals surface area contributed by atoms with E-state index in [0.717, 1.165) is 12.1 Å². The molecule has 0 spiro atoms. The topological polar surface area (TPSA) is 29.3 Å². The number of aryl methyl sites for hydroxylation is 1. The summed E-state index contributed by atoms with van der Waals surface area (Å²) in [4.78, 5) is 2.24. The van der Waals surface area contributed by atoms with E-state index < -0.39 is 0 Å². The van der Waals surface area contributed by atoms with Gasteiger partial charge >= 0.3 is 0 Å². The zero-order valence-corrected chi connectivity index (χ0v) is 10.6. The van der Waals surface area contributed by atoms with E-state index in [9.17, 15) is 0 Å². The second-order valence-corrected chi connectivity index (χ2v) is 4.44. The molecule has 0 heterocycles. The molecular formula is C12H19ClN2. The Morgan fingerprint density at radius 1 is 1.47 bits per heavy atom. The number of nitrogens with zero attached hydrogens (tertiary/aromatic N) is 1. The lowest BCUT2D eigenvalue weighted by atomic mass is 10.1. The first-order valence-electron chi connectivity index (χ1n) is 5.25. The standard InChI is InChI=1S/C12H19ClN2/c1-5-9(3)15(4)12-7-10(13)11(14)6-8(12)2/h6-7,9H,5,14H2,1-4H3. The summed E-state index contributed by atoms with van der Waals surface area (Å²) >= 11 is 6.03.